The Bertz CT molecular complexity index is 795. The van der Waals surface area contributed by atoms with Gasteiger partial charge >= 0.3 is 12.1 Å². The molecule has 11 heteroatoms. The molecule has 1 heterocycles. The maximum Gasteiger partial charge on any atom is 0.434 e. The summed E-state index contributed by atoms with van der Waals surface area (Å²) in [5.41, 5.74) is -5.90. The summed E-state index contributed by atoms with van der Waals surface area (Å²) in [4.78, 5) is 12.9. The van der Waals surface area contributed by atoms with Crippen molar-refractivity contribution in [2.24, 2.45) is 0 Å². The standard InChI is InChI=1S/C14H16F5NO4S/c1-5-6-7(12(21)22)10(14(17,18)19)20-8(11(15)16)9(6)25(23,24)13(2,3)4/h11H,5H2,1-4H3,(H,21,22). The lowest BCUT2D eigenvalue weighted by Crippen LogP contribution is -2.32. The van der Waals surface area contributed by atoms with Crippen LogP contribution in [0.3, 0.4) is 0 Å². The van der Waals surface area contributed by atoms with Crippen LogP contribution in [0.1, 0.15) is 61.4 Å². The molecular weight excluding hydrogens is 373 g/mol. The number of aromatic nitrogens is 1. The van der Waals surface area contributed by atoms with Gasteiger partial charge in [-0.05, 0) is 32.8 Å². The topological polar surface area (TPSA) is 84.3 Å². The van der Waals surface area contributed by atoms with E-state index in [2.05, 4.69) is 4.98 Å². The minimum absolute atomic E-state index is 0.516. The monoisotopic (exact) mass is 389 g/mol. The Labute approximate surface area is 140 Å². The fourth-order valence-electron chi connectivity index (χ4n) is 2.16. The summed E-state index contributed by atoms with van der Waals surface area (Å²) < 4.78 is 89.6. The van der Waals surface area contributed by atoms with Gasteiger partial charge in [-0.3, -0.25) is 0 Å². The third-order valence-electron chi connectivity index (χ3n) is 3.40. The quantitative estimate of drug-likeness (QED) is 0.791. The molecule has 0 saturated heterocycles. The van der Waals surface area contributed by atoms with Gasteiger partial charge in [0.2, 0.25) is 0 Å². The highest BCUT2D eigenvalue weighted by Crippen LogP contribution is 2.40. The van der Waals surface area contributed by atoms with Crippen LogP contribution in [-0.2, 0) is 22.4 Å². The van der Waals surface area contributed by atoms with Crippen LogP contribution in [0, 0.1) is 0 Å². The van der Waals surface area contributed by atoms with Gasteiger partial charge in [-0.15, -0.1) is 0 Å². The number of hydrogen-bond acceptors (Lipinski definition) is 4. The number of pyridine rings is 1. The molecule has 1 aromatic heterocycles. The number of carboxylic acids is 1. The van der Waals surface area contributed by atoms with E-state index in [0.29, 0.717) is 0 Å². The Balaban J connectivity index is 4.23. The predicted molar refractivity (Wildman–Crippen MR) is 77.5 cm³/mol. The van der Waals surface area contributed by atoms with E-state index in [4.69, 9.17) is 5.11 Å². The number of alkyl halides is 5. The lowest BCUT2D eigenvalue weighted by Gasteiger charge is -2.25. The third kappa shape index (κ3) is 3.75. The minimum Gasteiger partial charge on any atom is -0.478 e. The fraction of sp³-hybridized carbons (Fsp3) is 0.571. The van der Waals surface area contributed by atoms with Crippen molar-refractivity contribution in [1.82, 2.24) is 4.98 Å². The van der Waals surface area contributed by atoms with Gasteiger partial charge in [-0.2, -0.15) is 13.2 Å². The molecule has 1 rings (SSSR count). The molecule has 0 fully saturated rings. The lowest BCUT2D eigenvalue weighted by atomic mass is 10.0. The van der Waals surface area contributed by atoms with Crippen molar-refractivity contribution in [3.05, 3.63) is 22.5 Å². The first kappa shape index (κ1) is 21.3. The van der Waals surface area contributed by atoms with Crippen LogP contribution in [0.4, 0.5) is 22.0 Å². The number of hydrogen-bond donors (Lipinski definition) is 1. The van der Waals surface area contributed by atoms with Gasteiger partial charge in [0.05, 0.1) is 15.2 Å². The highest BCUT2D eigenvalue weighted by atomic mass is 32.2. The van der Waals surface area contributed by atoms with Crippen LogP contribution >= 0.6 is 0 Å². The second kappa shape index (κ2) is 6.50. The second-order valence-corrected chi connectivity index (χ2v) is 8.74. The van der Waals surface area contributed by atoms with E-state index in [1.54, 1.807) is 0 Å². The summed E-state index contributed by atoms with van der Waals surface area (Å²) >= 11 is 0. The molecule has 0 spiro atoms. The Morgan fingerprint density at radius 2 is 1.68 bits per heavy atom. The maximum atomic E-state index is 13.3. The Morgan fingerprint density at radius 3 is 1.96 bits per heavy atom. The summed E-state index contributed by atoms with van der Waals surface area (Å²) in [6, 6.07) is 0. The van der Waals surface area contributed by atoms with Crippen molar-refractivity contribution >= 4 is 15.8 Å². The minimum atomic E-state index is -5.34. The van der Waals surface area contributed by atoms with E-state index < -0.39 is 67.0 Å². The summed E-state index contributed by atoms with van der Waals surface area (Å²) in [5.74, 6) is -2.09. The van der Waals surface area contributed by atoms with Crippen molar-refractivity contribution in [1.29, 1.82) is 0 Å². The molecule has 0 atom stereocenters. The summed E-state index contributed by atoms with van der Waals surface area (Å²) in [6.45, 7) is 4.66. The zero-order chi connectivity index (χ0) is 20.0. The van der Waals surface area contributed by atoms with Gasteiger partial charge in [-0.1, -0.05) is 6.92 Å². The maximum absolute atomic E-state index is 13.3. The molecule has 1 aromatic rings. The van der Waals surface area contributed by atoms with Crippen molar-refractivity contribution in [3.8, 4) is 0 Å². The van der Waals surface area contributed by atoms with E-state index in [0.717, 1.165) is 20.8 Å². The Hall–Kier alpha value is -1.78. The van der Waals surface area contributed by atoms with Crippen molar-refractivity contribution in [3.63, 3.8) is 0 Å². The molecular formula is C14H16F5NO4S. The zero-order valence-electron chi connectivity index (χ0n) is 13.7. The highest BCUT2D eigenvalue weighted by molar-refractivity contribution is 7.92. The SMILES string of the molecule is CCc1c(C(=O)O)c(C(F)(F)F)nc(C(F)F)c1S(=O)(=O)C(C)(C)C. The second-order valence-electron chi connectivity index (χ2n) is 6.10. The van der Waals surface area contributed by atoms with Gasteiger partial charge in [-0.25, -0.2) is 27.0 Å². The molecule has 142 valence electrons. The summed E-state index contributed by atoms with van der Waals surface area (Å²) in [6.07, 6.45) is -9.50. The lowest BCUT2D eigenvalue weighted by molar-refractivity contribution is -0.142. The van der Waals surface area contributed by atoms with Gasteiger partial charge < -0.3 is 5.11 Å². The van der Waals surface area contributed by atoms with Crippen LogP contribution in [-0.4, -0.2) is 29.2 Å². The van der Waals surface area contributed by atoms with E-state index in [-0.39, 0.29) is 0 Å². The number of sulfone groups is 1. The van der Waals surface area contributed by atoms with Crippen LogP contribution < -0.4 is 0 Å². The van der Waals surface area contributed by atoms with Gasteiger partial charge in [0.1, 0.15) is 5.69 Å². The smallest absolute Gasteiger partial charge is 0.434 e. The molecule has 1 N–H and O–H groups in total. The first-order valence-electron chi connectivity index (χ1n) is 6.97. The Kier molecular flexibility index (Phi) is 5.53. The van der Waals surface area contributed by atoms with E-state index in [1.165, 1.54) is 6.92 Å². The molecule has 25 heavy (non-hydrogen) atoms. The molecule has 0 aliphatic carbocycles. The molecule has 0 saturated carbocycles. The third-order valence-corrected chi connectivity index (χ3v) is 6.00. The van der Waals surface area contributed by atoms with Crippen molar-refractivity contribution in [2.75, 3.05) is 0 Å². The molecule has 0 aliphatic heterocycles. The fourth-order valence-corrected chi connectivity index (χ4v) is 3.76. The average Bonchev–Trinajstić information content (AvgIpc) is 2.41. The number of halogens is 5. The average molecular weight is 389 g/mol. The molecule has 0 unspecified atom stereocenters. The molecule has 0 bridgehead atoms. The van der Waals surface area contributed by atoms with Crippen LogP contribution in [0.15, 0.2) is 4.90 Å². The van der Waals surface area contributed by atoms with Crippen LogP contribution in [0.2, 0.25) is 0 Å². The summed E-state index contributed by atoms with van der Waals surface area (Å²) in [5, 5.41) is 9.14. The summed E-state index contributed by atoms with van der Waals surface area (Å²) in [7, 11) is -4.59. The predicted octanol–water partition coefficient (Wildman–Crippen LogP) is 3.87. The molecule has 0 aromatic carbocycles. The van der Waals surface area contributed by atoms with Crippen molar-refractivity contribution < 1.29 is 40.3 Å². The highest BCUT2D eigenvalue weighted by Gasteiger charge is 2.45. The number of rotatable bonds is 4. The number of carboxylic acid groups (broad SMARTS) is 1. The molecule has 5 nitrogen and oxygen atoms in total. The molecule has 0 amide bonds. The van der Waals surface area contributed by atoms with Crippen LogP contribution in [0.5, 0.6) is 0 Å². The number of nitrogens with zero attached hydrogens (tertiary/aromatic N) is 1. The van der Waals surface area contributed by atoms with Crippen LogP contribution in [0.25, 0.3) is 0 Å². The van der Waals surface area contributed by atoms with Gasteiger partial charge in [0.15, 0.2) is 15.5 Å². The van der Waals surface area contributed by atoms with Gasteiger partial charge in [0.25, 0.3) is 6.43 Å². The van der Waals surface area contributed by atoms with E-state index in [1.807, 2.05) is 0 Å². The number of carbonyl (C=O) groups is 1. The molecule has 0 aliphatic rings. The van der Waals surface area contributed by atoms with E-state index in [9.17, 15) is 35.2 Å². The van der Waals surface area contributed by atoms with Crippen molar-refractivity contribution in [2.45, 2.75) is 56.4 Å². The zero-order valence-corrected chi connectivity index (χ0v) is 14.5. The number of aromatic carboxylic acids is 1. The Morgan fingerprint density at radius 1 is 1.20 bits per heavy atom. The van der Waals surface area contributed by atoms with E-state index >= 15 is 0 Å². The first-order valence-corrected chi connectivity index (χ1v) is 8.45. The molecule has 0 radical (unpaired) electrons. The first-order chi connectivity index (χ1) is 11.1. The largest absolute Gasteiger partial charge is 0.478 e. The normalized spacial score (nSPS) is 13.4. The van der Waals surface area contributed by atoms with Gasteiger partial charge in [0, 0.05) is 0 Å².